The van der Waals surface area contributed by atoms with Crippen molar-refractivity contribution in [2.45, 2.75) is 13.3 Å². The van der Waals surface area contributed by atoms with Crippen LogP contribution in [0.3, 0.4) is 0 Å². The van der Waals surface area contributed by atoms with Crippen molar-refractivity contribution >= 4 is 5.91 Å². The van der Waals surface area contributed by atoms with Crippen molar-refractivity contribution in [1.29, 1.82) is 0 Å². The van der Waals surface area contributed by atoms with Crippen LogP contribution in [0.4, 0.5) is 4.39 Å². The van der Waals surface area contributed by atoms with E-state index in [1.165, 1.54) is 19.2 Å². The van der Waals surface area contributed by atoms with Gasteiger partial charge in [0.2, 0.25) is 5.91 Å². The molecule has 78 valence electrons. The summed E-state index contributed by atoms with van der Waals surface area (Å²) < 4.78 is 13.0. The number of halogens is 1. The zero-order chi connectivity index (χ0) is 11.1. The summed E-state index contributed by atoms with van der Waals surface area (Å²) >= 11 is 0. The topological polar surface area (TPSA) is 42.0 Å². The summed E-state index contributed by atoms with van der Waals surface area (Å²) in [7, 11) is 0. The van der Waals surface area contributed by atoms with E-state index in [9.17, 15) is 9.18 Å². The molecule has 0 radical (unpaired) electrons. The van der Waals surface area contributed by atoms with E-state index in [2.05, 4.69) is 22.1 Å². The molecule has 1 aromatic rings. The number of pyridine rings is 1. The van der Waals surface area contributed by atoms with Gasteiger partial charge in [-0.25, -0.2) is 4.39 Å². The monoisotopic (exact) mass is 206 g/mol. The number of carbonyl (C=O) groups is 1. The lowest BCUT2D eigenvalue weighted by atomic mass is 10.2. The van der Waals surface area contributed by atoms with E-state index in [0.717, 1.165) is 6.20 Å². The maximum absolute atomic E-state index is 13.0. The van der Waals surface area contributed by atoms with Gasteiger partial charge in [0.15, 0.2) is 5.82 Å². The first-order chi connectivity index (χ1) is 7.20. The minimum atomic E-state index is -0.426. The Hall–Kier alpha value is -1.89. The van der Waals surface area contributed by atoms with E-state index < -0.39 is 5.82 Å². The van der Waals surface area contributed by atoms with E-state index in [1.807, 2.05) is 0 Å². The smallest absolute Gasteiger partial charge is 0.216 e. The second kappa shape index (κ2) is 5.76. The molecule has 0 atom stereocenters. The van der Waals surface area contributed by atoms with E-state index in [-0.39, 0.29) is 5.91 Å². The van der Waals surface area contributed by atoms with Gasteiger partial charge in [0.1, 0.15) is 0 Å². The largest absolute Gasteiger partial charge is 0.355 e. The average molecular weight is 206 g/mol. The number of nitrogens with one attached hydrogen (secondary N) is 1. The summed E-state index contributed by atoms with van der Waals surface area (Å²) in [5.41, 5.74) is 0.327. The molecule has 0 aliphatic carbocycles. The first-order valence-corrected chi connectivity index (χ1v) is 4.53. The second-order valence-electron chi connectivity index (χ2n) is 2.89. The number of nitrogens with zero attached hydrogens (tertiary/aromatic N) is 1. The van der Waals surface area contributed by atoms with Crippen molar-refractivity contribution in [2.24, 2.45) is 0 Å². The Morgan fingerprint density at radius 1 is 1.67 bits per heavy atom. The average Bonchev–Trinajstić information content (AvgIpc) is 2.20. The molecular weight excluding hydrogens is 195 g/mol. The Labute approximate surface area is 87.7 Å². The summed E-state index contributed by atoms with van der Waals surface area (Å²) in [4.78, 5) is 14.1. The molecule has 0 saturated heterocycles. The Kier molecular flexibility index (Phi) is 4.30. The molecule has 1 rings (SSSR count). The maximum atomic E-state index is 13.0. The summed E-state index contributed by atoms with van der Waals surface area (Å²) in [6.07, 6.45) is 3.11. The molecule has 0 aliphatic heterocycles. The minimum Gasteiger partial charge on any atom is -0.355 e. The lowest BCUT2D eigenvalue weighted by Crippen LogP contribution is -2.20. The second-order valence-corrected chi connectivity index (χ2v) is 2.89. The molecule has 0 spiro atoms. The third kappa shape index (κ3) is 4.23. The summed E-state index contributed by atoms with van der Waals surface area (Å²) in [6, 6.07) is 1.51. The van der Waals surface area contributed by atoms with Gasteiger partial charge < -0.3 is 5.32 Å². The number of hydrogen-bond acceptors (Lipinski definition) is 2. The van der Waals surface area contributed by atoms with Crippen molar-refractivity contribution in [3.05, 3.63) is 29.8 Å². The Morgan fingerprint density at radius 2 is 2.47 bits per heavy atom. The van der Waals surface area contributed by atoms with Gasteiger partial charge in [0.05, 0.1) is 11.8 Å². The summed E-state index contributed by atoms with van der Waals surface area (Å²) in [5.74, 6) is 4.92. The molecule has 1 aromatic heterocycles. The molecule has 0 saturated carbocycles. The molecule has 4 heteroatoms. The van der Waals surface area contributed by atoms with Crippen molar-refractivity contribution in [2.75, 3.05) is 6.54 Å². The first-order valence-electron chi connectivity index (χ1n) is 4.53. The third-order valence-electron chi connectivity index (χ3n) is 1.62. The molecule has 15 heavy (non-hydrogen) atoms. The van der Waals surface area contributed by atoms with Gasteiger partial charge in [0.25, 0.3) is 0 Å². The van der Waals surface area contributed by atoms with Gasteiger partial charge in [-0.3, -0.25) is 9.78 Å². The van der Waals surface area contributed by atoms with Crippen LogP contribution in [0.5, 0.6) is 0 Å². The molecule has 0 unspecified atom stereocenters. The normalized spacial score (nSPS) is 8.93. The Morgan fingerprint density at radius 3 is 3.13 bits per heavy atom. The van der Waals surface area contributed by atoms with E-state index in [0.29, 0.717) is 18.5 Å². The highest BCUT2D eigenvalue weighted by atomic mass is 19.1. The molecular formula is C11H11FN2O. The third-order valence-corrected chi connectivity index (χ3v) is 1.62. The van der Waals surface area contributed by atoms with Crippen LogP contribution >= 0.6 is 0 Å². The quantitative estimate of drug-likeness (QED) is 0.581. The zero-order valence-electron chi connectivity index (χ0n) is 8.38. The van der Waals surface area contributed by atoms with Gasteiger partial charge in [0, 0.05) is 26.1 Å². The fraction of sp³-hybridized carbons (Fsp3) is 0.273. The SMILES string of the molecule is CC(=O)NCCC#Cc1ccncc1F. The predicted molar refractivity (Wildman–Crippen MR) is 54.4 cm³/mol. The van der Waals surface area contributed by atoms with Crippen molar-refractivity contribution in [3.8, 4) is 11.8 Å². The van der Waals surface area contributed by atoms with Gasteiger partial charge >= 0.3 is 0 Å². The number of aromatic nitrogens is 1. The van der Waals surface area contributed by atoms with E-state index in [1.54, 1.807) is 0 Å². The van der Waals surface area contributed by atoms with Crippen molar-refractivity contribution in [1.82, 2.24) is 10.3 Å². The number of hydrogen-bond donors (Lipinski definition) is 1. The first kappa shape index (κ1) is 11.2. The van der Waals surface area contributed by atoms with Crippen LogP contribution in [0.15, 0.2) is 18.5 Å². The fourth-order valence-corrected chi connectivity index (χ4v) is 0.935. The lowest BCUT2D eigenvalue weighted by molar-refractivity contribution is -0.118. The van der Waals surface area contributed by atoms with Crippen LogP contribution in [-0.2, 0) is 4.79 Å². The van der Waals surface area contributed by atoms with E-state index >= 15 is 0 Å². The molecule has 0 bridgehead atoms. The van der Waals surface area contributed by atoms with Gasteiger partial charge in [-0.1, -0.05) is 11.8 Å². The van der Waals surface area contributed by atoms with Crippen LogP contribution in [0.2, 0.25) is 0 Å². The highest BCUT2D eigenvalue weighted by Crippen LogP contribution is 2.01. The lowest BCUT2D eigenvalue weighted by Gasteiger charge is -1.95. The van der Waals surface area contributed by atoms with Crippen LogP contribution in [-0.4, -0.2) is 17.4 Å². The van der Waals surface area contributed by atoms with Crippen LogP contribution < -0.4 is 5.32 Å². The van der Waals surface area contributed by atoms with Crippen molar-refractivity contribution < 1.29 is 9.18 Å². The number of rotatable bonds is 2. The number of carbonyl (C=O) groups excluding carboxylic acids is 1. The molecule has 0 aliphatic rings. The Bertz CT molecular complexity index is 407. The maximum Gasteiger partial charge on any atom is 0.216 e. The Balaban J connectivity index is 2.45. The molecule has 1 amide bonds. The highest BCUT2D eigenvalue weighted by Gasteiger charge is 1.95. The molecule has 0 aromatic carbocycles. The van der Waals surface area contributed by atoms with Gasteiger partial charge in [-0.05, 0) is 6.07 Å². The fourth-order valence-electron chi connectivity index (χ4n) is 0.935. The zero-order valence-corrected chi connectivity index (χ0v) is 8.38. The van der Waals surface area contributed by atoms with Crippen molar-refractivity contribution in [3.63, 3.8) is 0 Å². The standard InChI is InChI=1S/C11H11FN2O/c1-9(15)14-6-3-2-4-10-5-7-13-8-11(10)12/h5,7-8H,3,6H2,1H3,(H,14,15). The molecule has 1 N–H and O–H groups in total. The molecule has 1 heterocycles. The highest BCUT2D eigenvalue weighted by molar-refractivity contribution is 5.72. The number of amides is 1. The minimum absolute atomic E-state index is 0.0908. The predicted octanol–water partition coefficient (Wildman–Crippen LogP) is 1.10. The summed E-state index contributed by atoms with van der Waals surface area (Å²) in [6.45, 7) is 1.92. The van der Waals surface area contributed by atoms with Crippen LogP contribution in [0.25, 0.3) is 0 Å². The van der Waals surface area contributed by atoms with Crippen LogP contribution in [0, 0.1) is 17.7 Å². The molecule has 3 nitrogen and oxygen atoms in total. The van der Waals surface area contributed by atoms with E-state index in [4.69, 9.17) is 0 Å². The van der Waals surface area contributed by atoms with Crippen LogP contribution in [0.1, 0.15) is 18.9 Å². The van der Waals surface area contributed by atoms with Gasteiger partial charge in [-0.2, -0.15) is 0 Å². The van der Waals surface area contributed by atoms with Gasteiger partial charge in [-0.15, -0.1) is 0 Å². The molecule has 0 fully saturated rings. The summed E-state index contributed by atoms with van der Waals surface area (Å²) in [5, 5.41) is 2.60.